The molecule has 1 aliphatic heterocycles. The van der Waals surface area contributed by atoms with Gasteiger partial charge in [0.15, 0.2) is 13.3 Å². The first-order valence-electron chi connectivity index (χ1n) is 6.82. The van der Waals surface area contributed by atoms with Crippen molar-refractivity contribution in [2.45, 2.75) is 24.0 Å². The van der Waals surface area contributed by atoms with E-state index in [0.717, 1.165) is 0 Å². The fourth-order valence-corrected chi connectivity index (χ4v) is 2.67. The molecule has 0 bridgehead atoms. The predicted octanol–water partition coefficient (Wildman–Crippen LogP) is -0.431. The molecule has 0 amide bonds. The summed E-state index contributed by atoms with van der Waals surface area (Å²) < 4.78 is 33.5. The number of hydrogen-bond donors (Lipinski definition) is 1. The average molecular weight is 355 g/mol. The molecule has 1 atom stereocenters. The van der Waals surface area contributed by atoms with E-state index in [1.807, 2.05) is 0 Å². The number of nitrogens with two attached hydrogens (primary N) is 1. The van der Waals surface area contributed by atoms with E-state index in [1.165, 1.54) is 29.5 Å². The monoisotopic (exact) mass is 355 g/mol. The zero-order valence-electron chi connectivity index (χ0n) is 13.2. The van der Waals surface area contributed by atoms with Crippen LogP contribution in [0, 0.1) is 0 Å². The van der Waals surface area contributed by atoms with Crippen LogP contribution in [-0.4, -0.2) is 34.5 Å². The summed E-state index contributed by atoms with van der Waals surface area (Å²) in [5, 5.41) is 0.496. The zero-order valence-corrected chi connectivity index (χ0v) is 14.8. The first kappa shape index (κ1) is 17.7. The van der Waals surface area contributed by atoms with Crippen LogP contribution in [0.5, 0.6) is 0 Å². The summed E-state index contributed by atoms with van der Waals surface area (Å²) in [4.78, 5) is 12.6. The smallest absolute Gasteiger partial charge is 0.306 e. The van der Waals surface area contributed by atoms with E-state index in [1.54, 1.807) is 24.3 Å². The Labute approximate surface area is 141 Å². The molecule has 1 heterocycles. The van der Waals surface area contributed by atoms with Crippen LogP contribution in [0.25, 0.3) is 0 Å². The third-order valence-corrected chi connectivity index (χ3v) is 5.65. The summed E-state index contributed by atoms with van der Waals surface area (Å²) in [6.45, 7) is 2.91. The molecule has 0 aromatic heterocycles. The van der Waals surface area contributed by atoms with Crippen LogP contribution in [0.15, 0.2) is 35.9 Å². The molecule has 1 aliphatic rings. The summed E-state index contributed by atoms with van der Waals surface area (Å²) in [5.41, 5.74) is 4.71. The molecule has 0 fully saturated rings. The van der Waals surface area contributed by atoms with Gasteiger partial charge in [-0.1, -0.05) is 37.6 Å². The Morgan fingerprint density at radius 2 is 1.83 bits per heavy atom. The van der Waals surface area contributed by atoms with Crippen molar-refractivity contribution >= 4 is 43.2 Å². The van der Waals surface area contributed by atoms with Crippen molar-refractivity contribution in [3.63, 3.8) is 0 Å². The molecule has 2 N–H and O–H groups in total. The molecule has 0 aliphatic carbocycles. The van der Waals surface area contributed by atoms with Crippen molar-refractivity contribution < 1.29 is 22.1 Å². The number of carbonyl (C=O) groups excluding carboxylic acids is 1. The zero-order chi connectivity index (χ0) is 17.6. The van der Waals surface area contributed by atoms with E-state index < -0.39 is 31.8 Å². The van der Waals surface area contributed by atoms with Crippen LogP contribution in [0.3, 0.4) is 0 Å². The fourth-order valence-electron chi connectivity index (χ4n) is 1.91. The highest BCUT2D eigenvalue weighted by molar-refractivity contribution is 7.89. The minimum Gasteiger partial charge on any atom is -0.467 e. The number of Topliss-reactive ketones (excluding diaryl/α,β-unsaturated/α-hetero) is 1. The topological polar surface area (TPSA) is 95.7 Å². The summed E-state index contributed by atoms with van der Waals surface area (Å²) in [5.74, 6) is -1.53. The molecular formula is C13H16B2ClNO5S. The van der Waals surface area contributed by atoms with Gasteiger partial charge in [-0.05, 0) is 17.7 Å². The Kier molecular flexibility index (Phi) is 4.24. The molecular weight excluding hydrogens is 339 g/mol. The van der Waals surface area contributed by atoms with E-state index in [9.17, 15) is 13.2 Å². The summed E-state index contributed by atoms with van der Waals surface area (Å²) in [7, 11) is -1.10. The van der Waals surface area contributed by atoms with Crippen LogP contribution in [-0.2, 0) is 29.3 Å². The molecule has 10 heteroatoms. The van der Waals surface area contributed by atoms with Gasteiger partial charge in [0, 0.05) is 5.02 Å². The molecule has 0 spiro atoms. The van der Waals surface area contributed by atoms with E-state index in [-0.39, 0.29) is 5.88 Å². The third-order valence-electron chi connectivity index (χ3n) is 3.52. The lowest BCUT2D eigenvalue weighted by atomic mass is 9.73. The molecule has 6 nitrogen and oxygen atoms in total. The minimum atomic E-state index is -4.05. The minimum absolute atomic E-state index is 0.361. The largest absolute Gasteiger partial charge is 0.467 e. The molecule has 1 aromatic carbocycles. The highest BCUT2D eigenvalue weighted by Gasteiger charge is 2.50. The van der Waals surface area contributed by atoms with E-state index in [4.69, 9.17) is 26.3 Å². The van der Waals surface area contributed by atoms with Gasteiger partial charge in [-0.25, -0.2) is 0 Å². The molecule has 0 saturated carbocycles. The van der Waals surface area contributed by atoms with E-state index in [0.29, 0.717) is 10.6 Å². The number of benzene rings is 1. The lowest BCUT2D eigenvalue weighted by Gasteiger charge is -2.23. The second kappa shape index (κ2) is 5.49. The second-order valence-electron chi connectivity index (χ2n) is 6.31. The van der Waals surface area contributed by atoms with Crippen LogP contribution in [0.2, 0.25) is 5.02 Å². The quantitative estimate of drug-likeness (QED) is 0.582. The van der Waals surface area contributed by atoms with Gasteiger partial charge < -0.3 is 14.7 Å². The summed E-state index contributed by atoms with van der Waals surface area (Å²) in [6.07, 6.45) is 0. The van der Waals surface area contributed by atoms with E-state index >= 15 is 0 Å². The van der Waals surface area contributed by atoms with Crippen LogP contribution in [0.4, 0.5) is 0 Å². The van der Waals surface area contributed by atoms with Crippen LogP contribution in [0.1, 0.15) is 19.4 Å². The Hall–Kier alpha value is -1.60. The van der Waals surface area contributed by atoms with Gasteiger partial charge in [-0.15, -0.1) is 0 Å². The van der Waals surface area contributed by atoms with Crippen molar-refractivity contribution in [1.29, 1.82) is 0 Å². The van der Waals surface area contributed by atoms with Gasteiger partial charge in [-0.3, -0.25) is 4.79 Å². The lowest BCUT2D eigenvalue weighted by molar-refractivity contribution is -0.126. The van der Waals surface area contributed by atoms with Gasteiger partial charge in [0.25, 0.3) is 0 Å². The number of halogens is 1. The van der Waals surface area contributed by atoms with Crippen molar-refractivity contribution in [3.8, 4) is 0 Å². The highest BCUT2D eigenvalue weighted by atomic mass is 35.5. The van der Waals surface area contributed by atoms with Gasteiger partial charge in [-0.2, -0.15) is 8.42 Å². The van der Waals surface area contributed by atoms with E-state index in [2.05, 4.69) is 0 Å². The van der Waals surface area contributed by atoms with Gasteiger partial charge >= 0.3 is 10.1 Å². The SMILES string of the molecule is BC(C)(C)S(=O)(=O)OC1=C(N)O[C@@](B)(c2ccc(Cl)cc2)C1=O. The fraction of sp³-hybridized carbons (Fsp3) is 0.308. The number of carbonyl (C=O) groups is 1. The summed E-state index contributed by atoms with van der Waals surface area (Å²) in [6, 6.07) is 6.41. The molecule has 0 radical (unpaired) electrons. The van der Waals surface area contributed by atoms with Crippen molar-refractivity contribution in [2.24, 2.45) is 5.73 Å². The maximum absolute atomic E-state index is 12.6. The maximum atomic E-state index is 12.6. The molecule has 1 aromatic rings. The maximum Gasteiger partial charge on any atom is 0.306 e. The van der Waals surface area contributed by atoms with Gasteiger partial charge in [0.05, 0.1) is 4.65 Å². The first-order valence-corrected chi connectivity index (χ1v) is 8.61. The molecule has 0 saturated heterocycles. The van der Waals surface area contributed by atoms with Crippen molar-refractivity contribution in [3.05, 3.63) is 46.5 Å². The first-order chi connectivity index (χ1) is 10.4. The van der Waals surface area contributed by atoms with Crippen molar-refractivity contribution in [2.75, 3.05) is 0 Å². The average Bonchev–Trinajstić information content (AvgIpc) is 2.62. The Balaban J connectivity index is 2.37. The molecule has 2 rings (SSSR count). The molecule has 0 unspecified atom stereocenters. The Bertz CT molecular complexity index is 786. The number of rotatable bonds is 4. The van der Waals surface area contributed by atoms with Crippen LogP contribution >= 0.6 is 11.6 Å². The normalized spacial score (nSPS) is 22.1. The van der Waals surface area contributed by atoms with Gasteiger partial charge in [0.2, 0.25) is 17.4 Å². The number of hydrogen-bond acceptors (Lipinski definition) is 6. The Morgan fingerprint density at radius 3 is 2.30 bits per heavy atom. The van der Waals surface area contributed by atoms with Gasteiger partial charge in [0.1, 0.15) is 7.85 Å². The van der Waals surface area contributed by atoms with Crippen LogP contribution < -0.4 is 5.73 Å². The standard InChI is InChI=1S/C13H16B2ClNO5S/c1-12(2,14)23(19,20)22-9-10(18)13(15,21-11(9)17)7-3-5-8(16)6-4-7/h3-6H,14-15,17H2,1-2H3/t13-/m0/s1. The predicted molar refractivity (Wildman–Crippen MR) is 91.6 cm³/mol. The lowest BCUT2D eigenvalue weighted by Crippen LogP contribution is -2.38. The molecule has 23 heavy (non-hydrogen) atoms. The second-order valence-corrected chi connectivity index (χ2v) is 9.05. The summed E-state index contributed by atoms with van der Waals surface area (Å²) >= 11 is 5.83. The van der Waals surface area contributed by atoms with Crippen molar-refractivity contribution in [1.82, 2.24) is 0 Å². The number of ether oxygens (including phenoxy) is 1. The number of ketones is 1. The Morgan fingerprint density at radius 1 is 1.30 bits per heavy atom. The third kappa shape index (κ3) is 3.07. The highest BCUT2D eigenvalue weighted by Crippen LogP contribution is 2.37. The molecule has 122 valence electrons.